The second-order valence-electron chi connectivity index (χ2n) is 5.90. The van der Waals surface area contributed by atoms with E-state index in [1.165, 1.54) is 0 Å². The molecule has 1 saturated heterocycles. The van der Waals surface area contributed by atoms with Gasteiger partial charge in [-0.1, -0.05) is 12.1 Å². The first kappa shape index (κ1) is 20.3. The molecule has 1 aromatic carbocycles. The van der Waals surface area contributed by atoms with E-state index in [1.54, 1.807) is 31.0 Å². The van der Waals surface area contributed by atoms with Crippen molar-refractivity contribution in [1.29, 1.82) is 0 Å². The van der Waals surface area contributed by atoms with Crippen molar-refractivity contribution in [1.82, 2.24) is 15.1 Å². The highest BCUT2D eigenvalue weighted by Gasteiger charge is 2.43. The van der Waals surface area contributed by atoms with E-state index in [4.69, 9.17) is 4.74 Å². The summed E-state index contributed by atoms with van der Waals surface area (Å²) in [5.74, 6) is 0.433. The third-order valence-corrected chi connectivity index (χ3v) is 4.43. The van der Waals surface area contributed by atoms with Gasteiger partial charge in [0, 0.05) is 33.6 Å². The molecule has 0 aliphatic carbocycles. The molecule has 1 aliphatic heterocycles. The van der Waals surface area contributed by atoms with Crippen LogP contribution in [0.1, 0.15) is 18.0 Å². The summed E-state index contributed by atoms with van der Waals surface area (Å²) < 4.78 is 5.17. The quantitative estimate of drug-likeness (QED) is 0.836. The lowest BCUT2D eigenvalue weighted by Gasteiger charge is -2.28. The number of rotatable bonds is 6. The fourth-order valence-electron chi connectivity index (χ4n) is 3.02. The minimum atomic E-state index is -0.345. The van der Waals surface area contributed by atoms with Crippen LogP contribution in [0, 0.1) is 5.92 Å². The van der Waals surface area contributed by atoms with Crippen LogP contribution in [0.5, 0.6) is 5.75 Å². The minimum Gasteiger partial charge on any atom is -0.497 e. The van der Waals surface area contributed by atoms with Crippen molar-refractivity contribution in [2.24, 2.45) is 5.92 Å². The van der Waals surface area contributed by atoms with Gasteiger partial charge in [0.25, 0.3) is 0 Å². The molecule has 0 saturated carbocycles. The van der Waals surface area contributed by atoms with Gasteiger partial charge in [-0.25, -0.2) is 0 Å². The average Bonchev–Trinajstić information content (AvgIpc) is 2.87. The summed E-state index contributed by atoms with van der Waals surface area (Å²) in [7, 11) is 7.01. The molecule has 1 aliphatic rings. The summed E-state index contributed by atoms with van der Waals surface area (Å²) in [5, 5.41) is 3.03. The fourth-order valence-corrected chi connectivity index (χ4v) is 3.02. The van der Waals surface area contributed by atoms with Gasteiger partial charge in [0.1, 0.15) is 5.75 Å². The van der Waals surface area contributed by atoms with E-state index < -0.39 is 0 Å². The van der Waals surface area contributed by atoms with E-state index >= 15 is 0 Å². The molecule has 1 heterocycles. The molecule has 2 amide bonds. The lowest BCUT2D eigenvalue weighted by atomic mass is 9.92. The first-order valence-electron chi connectivity index (χ1n) is 7.78. The van der Waals surface area contributed by atoms with Gasteiger partial charge in [0.2, 0.25) is 11.8 Å². The number of nitrogens with one attached hydrogen (secondary N) is 1. The SMILES string of the molecule is CNCCN(C)C(=O)C1CC(=O)N(C)C1c1ccc(OC)cc1.Cl. The normalized spacial score (nSPS) is 19.8. The molecule has 2 rings (SSSR count). The number of amides is 2. The van der Waals surface area contributed by atoms with Gasteiger partial charge >= 0.3 is 0 Å². The first-order valence-corrected chi connectivity index (χ1v) is 7.78. The number of hydrogen-bond acceptors (Lipinski definition) is 4. The Hall–Kier alpha value is -1.79. The maximum atomic E-state index is 12.7. The summed E-state index contributed by atoms with van der Waals surface area (Å²) in [6, 6.07) is 7.34. The third kappa shape index (κ3) is 4.19. The Morgan fingerprint density at radius 1 is 1.38 bits per heavy atom. The van der Waals surface area contributed by atoms with Crippen molar-refractivity contribution in [3.05, 3.63) is 29.8 Å². The first-order chi connectivity index (χ1) is 11.0. The van der Waals surface area contributed by atoms with Gasteiger partial charge in [-0.3, -0.25) is 9.59 Å². The van der Waals surface area contributed by atoms with Crippen LogP contribution in [0.3, 0.4) is 0 Å². The Bertz CT molecular complexity index is 565. The third-order valence-electron chi connectivity index (χ3n) is 4.43. The molecule has 0 radical (unpaired) electrons. The van der Waals surface area contributed by atoms with Crippen LogP contribution < -0.4 is 10.1 Å². The molecule has 134 valence electrons. The zero-order chi connectivity index (χ0) is 17.0. The number of methoxy groups -OCH3 is 1. The van der Waals surface area contributed by atoms with E-state index in [0.29, 0.717) is 6.54 Å². The molecular formula is C17H26ClN3O3. The van der Waals surface area contributed by atoms with Crippen LogP contribution >= 0.6 is 12.4 Å². The molecule has 2 atom stereocenters. The van der Waals surface area contributed by atoms with E-state index in [9.17, 15) is 9.59 Å². The molecular weight excluding hydrogens is 330 g/mol. The van der Waals surface area contributed by atoms with Gasteiger partial charge in [0.15, 0.2) is 0 Å². The van der Waals surface area contributed by atoms with Crippen molar-refractivity contribution in [2.45, 2.75) is 12.5 Å². The van der Waals surface area contributed by atoms with Crippen LogP contribution in [0.4, 0.5) is 0 Å². The summed E-state index contributed by atoms with van der Waals surface area (Å²) in [6.45, 7) is 1.35. The number of likely N-dealkylation sites (N-methyl/N-ethyl adjacent to an activating group) is 2. The van der Waals surface area contributed by atoms with Gasteiger partial charge in [-0.05, 0) is 24.7 Å². The summed E-state index contributed by atoms with van der Waals surface area (Å²) >= 11 is 0. The van der Waals surface area contributed by atoms with E-state index in [0.717, 1.165) is 17.9 Å². The van der Waals surface area contributed by atoms with E-state index in [1.807, 2.05) is 31.3 Å². The zero-order valence-corrected chi connectivity index (χ0v) is 15.4. The minimum absolute atomic E-state index is 0. The number of halogens is 1. The van der Waals surface area contributed by atoms with Gasteiger partial charge in [-0.2, -0.15) is 0 Å². The Morgan fingerprint density at radius 2 is 2.00 bits per heavy atom. The largest absolute Gasteiger partial charge is 0.497 e. The Balaban J connectivity index is 0.00000288. The molecule has 0 aromatic heterocycles. The predicted molar refractivity (Wildman–Crippen MR) is 95.4 cm³/mol. The van der Waals surface area contributed by atoms with Crippen LogP contribution in [0.2, 0.25) is 0 Å². The monoisotopic (exact) mass is 355 g/mol. The predicted octanol–water partition coefficient (Wildman–Crippen LogP) is 1.31. The molecule has 7 heteroatoms. The lowest BCUT2D eigenvalue weighted by Crippen LogP contribution is -2.39. The highest BCUT2D eigenvalue weighted by atomic mass is 35.5. The van der Waals surface area contributed by atoms with Crippen molar-refractivity contribution in [3.8, 4) is 5.75 Å². The van der Waals surface area contributed by atoms with E-state index in [-0.39, 0.29) is 42.6 Å². The van der Waals surface area contributed by atoms with Crippen LogP contribution in [0.25, 0.3) is 0 Å². The van der Waals surface area contributed by atoms with Crippen molar-refractivity contribution < 1.29 is 14.3 Å². The number of carbonyl (C=O) groups excluding carboxylic acids is 2. The maximum absolute atomic E-state index is 12.7. The van der Waals surface area contributed by atoms with Crippen LogP contribution in [-0.2, 0) is 9.59 Å². The molecule has 2 unspecified atom stereocenters. The van der Waals surface area contributed by atoms with Crippen molar-refractivity contribution in [2.75, 3.05) is 41.3 Å². The standard InChI is InChI=1S/C17H25N3O3.ClH/c1-18-9-10-19(2)17(22)14-11-15(21)20(3)16(14)12-5-7-13(23-4)8-6-12;/h5-8,14,16,18H,9-11H2,1-4H3;1H. The molecule has 0 spiro atoms. The van der Waals surface area contributed by atoms with Crippen LogP contribution in [0.15, 0.2) is 24.3 Å². The highest BCUT2D eigenvalue weighted by Crippen LogP contribution is 2.38. The summed E-state index contributed by atoms with van der Waals surface area (Å²) in [6.07, 6.45) is 0.260. The van der Waals surface area contributed by atoms with Crippen molar-refractivity contribution in [3.63, 3.8) is 0 Å². The second-order valence-corrected chi connectivity index (χ2v) is 5.90. The Kier molecular flexibility index (Phi) is 7.51. The fraction of sp³-hybridized carbons (Fsp3) is 0.529. The number of benzene rings is 1. The number of nitrogens with zero attached hydrogens (tertiary/aromatic N) is 2. The molecule has 6 nitrogen and oxygen atoms in total. The number of hydrogen-bond donors (Lipinski definition) is 1. The maximum Gasteiger partial charge on any atom is 0.228 e. The average molecular weight is 356 g/mol. The summed E-state index contributed by atoms with van der Waals surface area (Å²) in [4.78, 5) is 28.3. The van der Waals surface area contributed by atoms with E-state index in [2.05, 4.69) is 5.32 Å². The van der Waals surface area contributed by atoms with Gasteiger partial charge in [-0.15, -0.1) is 12.4 Å². The topological polar surface area (TPSA) is 61.9 Å². The summed E-state index contributed by atoms with van der Waals surface area (Å²) in [5.41, 5.74) is 0.958. The molecule has 1 aromatic rings. The van der Waals surface area contributed by atoms with Crippen LogP contribution in [-0.4, -0.2) is 63.0 Å². The smallest absolute Gasteiger partial charge is 0.228 e. The molecule has 1 fully saturated rings. The lowest BCUT2D eigenvalue weighted by molar-refractivity contribution is -0.135. The second kappa shape index (κ2) is 8.89. The van der Waals surface area contributed by atoms with Crippen molar-refractivity contribution >= 4 is 24.2 Å². The Labute approximate surface area is 149 Å². The Morgan fingerprint density at radius 3 is 2.54 bits per heavy atom. The number of carbonyl (C=O) groups is 2. The molecule has 1 N–H and O–H groups in total. The highest BCUT2D eigenvalue weighted by molar-refractivity contribution is 5.90. The number of likely N-dealkylation sites (tertiary alicyclic amines) is 1. The van der Waals surface area contributed by atoms with Gasteiger partial charge < -0.3 is 19.9 Å². The zero-order valence-electron chi connectivity index (χ0n) is 14.6. The number of ether oxygens (including phenoxy) is 1. The van der Waals surface area contributed by atoms with Gasteiger partial charge in [0.05, 0.1) is 19.1 Å². The molecule has 24 heavy (non-hydrogen) atoms. The molecule has 0 bridgehead atoms.